The van der Waals surface area contributed by atoms with Crippen molar-refractivity contribution in [1.29, 1.82) is 0 Å². The molecule has 0 spiro atoms. The number of hydrogen-bond donors (Lipinski definition) is 3. The summed E-state index contributed by atoms with van der Waals surface area (Å²) >= 11 is 0. The molecule has 1 aromatic carbocycles. The van der Waals surface area contributed by atoms with Gasteiger partial charge in [0.05, 0.1) is 10.6 Å². The number of aryl methyl sites for hydroxylation is 1. The summed E-state index contributed by atoms with van der Waals surface area (Å²) in [4.78, 5) is 13.8. The van der Waals surface area contributed by atoms with E-state index in [1.54, 1.807) is 25.1 Å². The van der Waals surface area contributed by atoms with Gasteiger partial charge in [-0.25, -0.2) is 13.2 Å². The van der Waals surface area contributed by atoms with Crippen LogP contribution in [0.5, 0.6) is 0 Å². The van der Waals surface area contributed by atoms with Crippen LogP contribution < -0.4 is 4.72 Å². The zero-order valence-electron chi connectivity index (χ0n) is 10.0. The molecule has 0 aliphatic heterocycles. The Morgan fingerprint density at radius 2 is 1.89 bits per heavy atom. The van der Waals surface area contributed by atoms with Crippen molar-refractivity contribution >= 4 is 21.7 Å². The summed E-state index contributed by atoms with van der Waals surface area (Å²) in [7, 11) is -3.79. The lowest BCUT2D eigenvalue weighted by Crippen LogP contribution is -2.14. The minimum absolute atomic E-state index is 0.0221. The Hall–Kier alpha value is -2.28. The Morgan fingerprint density at radius 3 is 2.47 bits per heavy atom. The first-order valence-electron chi connectivity index (χ1n) is 5.41. The second kappa shape index (κ2) is 4.77. The second-order valence-corrected chi connectivity index (χ2v) is 5.61. The van der Waals surface area contributed by atoms with Gasteiger partial charge in [-0.05, 0) is 19.1 Å². The predicted octanol–water partition coefficient (Wildman–Crippen LogP) is 1.82. The van der Waals surface area contributed by atoms with Gasteiger partial charge in [-0.3, -0.25) is 4.72 Å². The van der Waals surface area contributed by atoms with Gasteiger partial charge in [0.25, 0.3) is 10.0 Å². The number of benzene rings is 1. The van der Waals surface area contributed by atoms with Crippen LogP contribution in [0.4, 0.5) is 5.69 Å². The van der Waals surface area contributed by atoms with E-state index in [1.807, 2.05) is 0 Å². The highest BCUT2D eigenvalue weighted by atomic mass is 32.2. The number of carboxylic acid groups (broad SMARTS) is 1. The Kier molecular flexibility index (Phi) is 3.30. The lowest BCUT2D eigenvalue weighted by Gasteiger charge is -2.07. The second-order valence-electron chi connectivity index (χ2n) is 3.93. The Morgan fingerprint density at radius 1 is 1.26 bits per heavy atom. The number of nitrogens with one attached hydrogen (secondary N) is 2. The number of carboxylic acids is 1. The number of H-pyrrole nitrogens is 1. The van der Waals surface area contributed by atoms with E-state index in [-0.39, 0.29) is 16.1 Å². The van der Waals surface area contributed by atoms with E-state index in [1.165, 1.54) is 18.3 Å². The molecule has 7 heteroatoms. The van der Waals surface area contributed by atoms with Crippen LogP contribution in [0, 0.1) is 6.92 Å². The van der Waals surface area contributed by atoms with Gasteiger partial charge in [0, 0.05) is 11.9 Å². The van der Waals surface area contributed by atoms with Crippen molar-refractivity contribution in [1.82, 2.24) is 4.98 Å². The summed E-state index contributed by atoms with van der Waals surface area (Å²) < 4.78 is 26.4. The fourth-order valence-electron chi connectivity index (χ4n) is 1.69. The third-order valence-corrected chi connectivity index (χ3v) is 3.97. The van der Waals surface area contributed by atoms with Crippen molar-refractivity contribution in [3.05, 3.63) is 47.8 Å². The van der Waals surface area contributed by atoms with Crippen LogP contribution in [-0.4, -0.2) is 24.5 Å². The number of aromatic amines is 1. The summed E-state index contributed by atoms with van der Waals surface area (Å²) in [5.41, 5.74) is 0.326. The summed E-state index contributed by atoms with van der Waals surface area (Å²) in [5, 5.41) is 9.05. The molecule has 2 aromatic rings. The fraction of sp³-hybridized carbons (Fsp3) is 0.0833. The molecule has 1 aromatic heterocycles. The van der Waals surface area contributed by atoms with Gasteiger partial charge >= 0.3 is 5.97 Å². The van der Waals surface area contributed by atoms with Gasteiger partial charge in [-0.2, -0.15) is 0 Å². The minimum Gasteiger partial charge on any atom is -0.478 e. The molecule has 3 N–H and O–H groups in total. The third kappa shape index (κ3) is 2.60. The molecule has 19 heavy (non-hydrogen) atoms. The molecule has 0 aliphatic carbocycles. The molecule has 0 unspecified atom stereocenters. The van der Waals surface area contributed by atoms with Crippen molar-refractivity contribution in [2.75, 3.05) is 4.72 Å². The molecular formula is C12H12N2O4S. The predicted molar refractivity (Wildman–Crippen MR) is 69.7 cm³/mol. The molecule has 6 nitrogen and oxygen atoms in total. The van der Waals surface area contributed by atoms with Crippen molar-refractivity contribution in [3.8, 4) is 0 Å². The van der Waals surface area contributed by atoms with Crippen molar-refractivity contribution in [2.24, 2.45) is 0 Å². The Bertz CT molecular complexity index is 705. The zero-order valence-corrected chi connectivity index (χ0v) is 10.9. The molecular weight excluding hydrogens is 268 g/mol. The topological polar surface area (TPSA) is 99.3 Å². The molecule has 1 heterocycles. The van der Waals surface area contributed by atoms with E-state index < -0.39 is 16.0 Å². The van der Waals surface area contributed by atoms with Gasteiger partial charge in [-0.1, -0.05) is 18.2 Å². The van der Waals surface area contributed by atoms with Gasteiger partial charge in [0.15, 0.2) is 0 Å². The maximum atomic E-state index is 12.1. The number of anilines is 1. The van der Waals surface area contributed by atoms with Crippen LogP contribution in [-0.2, 0) is 10.0 Å². The lowest BCUT2D eigenvalue weighted by molar-refractivity contribution is 0.0697. The van der Waals surface area contributed by atoms with E-state index in [9.17, 15) is 13.2 Å². The van der Waals surface area contributed by atoms with Crippen LogP contribution in [0.25, 0.3) is 0 Å². The highest BCUT2D eigenvalue weighted by molar-refractivity contribution is 7.92. The Labute approximate surface area is 110 Å². The van der Waals surface area contributed by atoms with Crippen molar-refractivity contribution in [3.63, 3.8) is 0 Å². The van der Waals surface area contributed by atoms with Crippen LogP contribution in [0.15, 0.2) is 41.4 Å². The van der Waals surface area contributed by atoms with E-state index in [0.717, 1.165) is 0 Å². The van der Waals surface area contributed by atoms with E-state index in [4.69, 9.17) is 5.11 Å². The van der Waals surface area contributed by atoms with Gasteiger partial charge in [0.2, 0.25) is 0 Å². The number of carbonyl (C=O) groups is 1. The maximum Gasteiger partial charge on any atom is 0.339 e. The maximum absolute atomic E-state index is 12.1. The molecule has 0 saturated heterocycles. The van der Waals surface area contributed by atoms with Crippen LogP contribution in [0.1, 0.15) is 16.1 Å². The normalized spacial score (nSPS) is 11.2. The van der Waals surface area contributed by atoms with E-state index in [0.29, 0.717) is 5.69 Å². The monoisotopic (exact) mass is 280 g/mol. The first-order valence-corrected chi connectivity index (χ1v) is 6.89. The zero-order chi connectivity index (χ0) is 14.0. The molecule has 0 bridgehead atoms. The summed E-state index contributed by atoms with van der Waals surface area (Å²) in [5.74, 6) is -1.19. The first-order chi connectivity index (χ1) is 8.92. The van der Waals surface area contributed by atoms with Crippen LogP contribution in [0.3, 0.4) is 0 Å². The van der Waals surface area contributed by atoms with Crippen LogP contribution in [0.2, 0.25) is 0 Å². The average molecular weight is 280 g/mol. The third-order valence-electron chi connectivity index (χ3n) is 2.59. The molecule has 2 rings (SSSR count). The quantitative estimate of drug-likeness (QED) is 0.795. The number of sulfonamides is 1. The van der Waals surface area contributed by atoms with Crippen molar-refractivity contribution < 1.29 is 18.3 Å². The summed E-state index contributed by atoms with van der Waals surface area (Å²) in [6.07, 6.45) is 1.32. The number of aromatic nitrogens is 1. The van der Waals surface area contributed by atoms with Gasteiger partial charge < -0.3 is 10.1 Å². The molecule has 0 atom stereocenters. The summed E-state index contributed by atoms with van der Waals surface area (Å²) in [6, 6.07) is 7.75. The fourth-order valence-corrected chi connectivity index (χ4v) is 2.77. The molecule has 0 fully saturated rings. The lowest BCUT2D eigenvalue weighted by atomic mass is 10.2. The molecule has 0 saturated carbocycles. The highest BCUT2D eigenvalue weighted by Crippen LogP contribution is 2.22. The SMILES string of the molecule is Cc1[nH]cc(NS(=O)(=O)c2ccccc2)c1C(=O)O. The number of rotatable bonds is 4. The Balaban J connectivity index is 2.40. The summed E-state index contributed by atoms with van der Waals surface area (Å²) in [6.45, 7) is 1.56. The van der Waals surface area contributed by atoms with Crippen molar-refractivity contribution in [2.45, 2.75) is 11.8 Å². The average Bonchev–Trinajstić information content (AvgIpc) is 2.71. The number of hydrogen-bond acceptors (Lipinski definition) is 3. The van der Waals surface area contributed by atoms with Gasteiger partial charge in [0.1, 0.15) is 5.56 Å². The van der Waals surface area contributed by atoms with E-state index >= 15 is 0 Å². The highest BCUT2D eigenvalue weighted by Gasteiger charge is 2.20. The van der Waals surface area contributed by atoms with Gasteiger partial charge in [-0.15, -0.1) is 0 Å². The molecule has 0 amide bonds. The standard InChI is InChI=1S/C12H12N2O4S/c1-8-11(12(15)16)10(7-13-8)14-19(17,18)9-5-3-2-4-6-9/h2-7,13-14H,1H3,(H,15,16). The first kappa shape index (κ1) is 13.2. The molecule has 100 valence electrons. The largest absolute Gasteiger partial charge is 0.478 e. The van der Waals surface area contributed by atoms with E-state index in [2.05, 4.69) is 9.71 Å². The number of aromatic carboxylic acids is 1. The van der Waals surface area contributed by atoms with Crippen LogP contribution >= 0.6 is 0 Å². The minimum atomic E-state index is -3.79. The smallest absolute Gasteiger partial charge is 0.339 e. The molecule has 0 radical (unpaired) electrons. The molecule has 0 aliphatic rings.